The molecule has 2 N–H and O–H groups in total. The Balaban J connectivity index is 0.000000745. The van der Waals surface area contributed by atoms with E-state index in [9.17, 15) is 4.79 Å². The number of piperidine rings is 1. The van der Waals surface area contributed by atoms with Gasteiger partial charge in [-0.3, -0.25) is 14.5 Å². The molecule has 1 saturated heterocycles. The fourth-order valence-corrected chi connectivity index (χ4v) is 2.81. The lowest BCUT2D eigenvalue weighted by molar-refractivity contribution is -0.127. The van der Waals surface area contributed by atoms with Crippen molar-refractivity contribution < 1.29 is 14.7 Å². The van der Waals surface area contributed by atoms with Crippen molar-refractivity contribution in [3.8, 4) is 11.8 Å². The highest BCUT2D eigenvalue weighted by atomic mass is 16.3. The molecule has 1 unspecified atom stereocenters. The third kappa shape index (κ3) is 6.95. The van der Waals surface area contributed by atoms with Crippen molar-refractivity contribution in [3.63, 3.8) is 0 Å². The fourth-order valence-electron chi connectivity index (χ4n) is 2.81. The second kappa shape index (κ2) is 11.1. The summed E-state index contributed by atoms with van der Waals surface area (Å²) in [7, 11) is 0. The molecule has 1 amide bonds. The molecule has 1 aliphatic heterocycles. The van der Waals surface area contributed by atoms with Gasteiger partial charge < -0.3 is 10.4 Å². The summed E-state index contributed by atoms with van der Waals surface area (Å²) in [5, 5.41) is 10.0. The molecule has 0 radical (unpaired) electrons. The summed E-state index contributed by atoms with van der Waals surface area (Å²) in [4.78, 5) is 22.6. The average molecular weight is 308 g/mol. The van der Waals surface area contributed by atoms with E-state index in [-0.39, 0.29) is 12.4 Å². The zero-order chi connectivity index (χ0) is 16.2. The fraction of sp³-hybridized carbons (Fsp3) is 0.765. The van der Waals surface area contributed by atoms with Gasteiger partial charge in [0.25, 0.3) is 6.47 Å². The highest BCUT2D eigenvalue weighted by Gasteiger charge is 2.26. The minimum atomic E-state index is -0.250. The van der Waals surface area contributed by atoms with Crippen LogP contribution in [0.1, 0.15) is 45.4 Å². The molecule has 2 aliphatic rings. The topological polar surface area (TPSA) is 69.6 Å². The van der Waals surface area contributed by atoms with Gasteiger partial charge in [0.2, 0.25) is 5.91 Å². The van der Waals surface area contributed by atoms with E-state index in [2.05, 4.69) is 29.0 Å². The Morgan fingerprint density at radius 3 is 2.64 bits per heavy atom. The van der Waals surface area contributed by atoms with Gasteiger partial charge in [-0.15, -0.1) is 5.92 Å². The third-order valence-corrected chi connectivity index (χ3v) is 4.25. The molecule has 0 bridgehead atoms. The Hall–Kier alpha value is -1.54. The molecule has 0 aromatic heterocycles. The molecule has 0 aromatic carbocycles. The van der Waals surface area contributed by atoms with E-state index < -0.39 is 0 Å². The predicted molar refractivity (Wildman–Crippen MR) is 86.3 cm³/mol. The molecule has 22 heavy (non-hydrogen) atoms. The molecule has 1 heterocycles. The molecule has 5 heteroatoms. The number of nitrogens with zero attached hydrogens (tertiary/aromatic N) is 1. The Morgan fingerprint density at radius 2 is 2.05 bits per heavy atom. The van der Waals surface area contributed by atoms with Gasteiger partial charge in [-0.2, -0.15) is 0 Å². The SMILES string of the molecule is CCC#CCN1CCCC(CNC(=O)C2CCC2)C1.O=CO. The average Bonchev–Trinajstić information content (AvgIpc) is 2.45. The van der Waals surface area contributed by atoms with Crippen molar-refractivity contribution in [1.82, 2.24) is 10.2 Å². The van der Waals surface area contributed by atoms with Crippen LogP contribution in [-0.2, 0) is 9.59 Å². The zero-order valence-corrected chi connectivity index (χ0v) is 13.5. The van der Waals surface area contributed by atoms with Crippen molar-refractivity contribution >= 4 is 12.4 Å². The lowest BCUT2D eigenvalue weighted by Gasteiger charge is -2.32. The van der Waals surface area contributed by atoms with E-state index in [0.717, 1.165) is 45.4 Å². The summed E-state index contributed by atoms with van der Waals surface area (Å²) in [5.74, 6) is 7.56. The number of nitrogens with one attached hydrogen (secondary N) is 1. The van der Waals surface area contributed by atoms with Crippen LogP contribution < -0.4 is 5.32 Å². The second-order valence-corrected chi connectivity index (χ2v) is 5.93. The largest absolute Gasteiger partial charge is 0.483 e. The van der Waals surface area contributed by atoms with E-state index in [1.54, 1.807) is 0 Å². The number of rotatable bonds is 4. The number of carbonyl (C=O) groups excluding carboxylic acids is 1. The van der Waals surface area contributed by atoms with Gasteiger partial charge >= 0.3 is 0 Å². The quantitative estimate of drug-likeness (QED) is 0.613. The molecule has 0 spiro atoms. The molecule has 2 rings (SSSR count). The van der Waals surface area contributed by atoms with E-state index in [4.69, 9.17) is 9.90 Å². The summed E-state index contributed by atoms with van der Waals surface area (Å²) in [6.07, 6.45) is 6.82. The summed E-state index contributed by atoms with van der Waals surface area (Å²) in [6, 6.07) is 0. The van der Waals surface area contributed by atoms with Gasteiger partial charge in [-0.1, -0.05) is 19.3 Å². The first-order valence-corrected chi connectivity index (χ1v) is 8.24. The highest BCUT2D eigenvalue weighted by Crippen LogP contribution is 2.26. The van der Waals surface area contributed by atoms with Crippen molar-refractivity contribution in [2.45, 2.75) is 45.4 Å². The Labute approximate surface area is 133 Å². The molecule has 124 valence electrons. The van der Waals surface area contributed by atoms with E-state index in [0.29, 0.717) is 11.8 Å². The number of hydrogen-bond donors (Lipinski definition) is 2. The second-order valence-electron chi connectivity index (χ2n) is 5.93. The summed E-state index contributed by atoms with van der Waals surface area (Å²) in [6.45, 7) is 5.82. The lowest BCUT2D eigenvalue weighted by atomic mass is 9.84. The normalized spacial score (nSPS) is 21.4. The monoisotopic (exact) mass is 308 g/mol. The molecule has 0 aromatic rings. The molecule has 1 atom stereocenters. The number of likely N-dealkylation sites (tertiary alicyclic amines) is 1. The number of amides is 1. The van der Waals surface area contributed by atoms with Crippen LogP contribution in [-0.4, -0.2) is 48.6 Å². The van der Waals surface area contributed by atoms with Gasteiger partial charge in [0, 0.05) is 25.4 Å². The number of carbonyl (C=O) groups is 2. The van der Waals surface area contributed by atoms with Crippen molar-refractivity contribution in [2.75, 3.05) is 26.2 Å². The Kier molecular flexibility index (Phi) is 9.33. The summed E-state index contributed by atoms with van der Waals surface area (Å²) >= 11 is 0. The Morgan fingerprint density at radius 1 is 1.32 bits per heavy atom. The smallest absolute Gasteiger partial charge is 0.290 e. The van der Waals surface area contributed by atoms with E-state index in [1.165, 1.54) is 19.3 Å². The predicted octanol–water partition coefficient (Wildman–Crippen LogP) is 1.73. The third-order valence-electron chi connectivity index (χ3n) is 4.25. The molecule has 2 fully saturated rings. The maximum atomic E-state index is 11.8. The minimum absolute atomic E-state index is 0.250. The van der Waals surface area contributed by atoms with Crippen LogP contribution in [0.15, 0.2) is 0 Å². The van der Waals surface area contributed by atoms with Crippen LogP contribution >= 0.6 is 0 Å². The van der Waals surface area contributed by atoms with E-state index >= 15 is 0 Å². The summed E-state index contributed by atoms with van der Waals surface area (Å²) < 4.78 is 0. The van der Waals surface area contributed by atoms with Crippen LogP contribution in [0.4, 0.5) is 0 Å². The van der Waals surface area contributed by atoms with Gasteiger partial charge in [-0.05, 0) is 38.1 Å². The first-order chi connectivity index (χ1) is 10.7. The number of hydrogen-bond acceptors (Lipinski definition) is 3. The lowest BCUT2D eigenvalue weighted by Crippen LogP contribution is -2.43. The highest BCUT2D eigenvalue weighted by molar-refractivity contribution is 5.79. The van der Waals surface area contributed by atoms with Crippen LogP contribution in [0.2, 0.25) is 0 Å². The van der Waals surface area contributed by atoms with Crippen LogP contribution in [0.5, 0.6) is 0 Å². The van der Waals surface area contributed by atoms with Gasteiger partial charge in [0.15, 0.2) is 0 Å². The first-order valence-electron chi connectivity index (χ1n) is 8.24. The van der Waals surface area contributed by atoms with E-state index in [1.807, 2.05) is 0 Å². The molecule has 5 nitrogen and oxygen atoms in total. The maximum absolute atomic E-state index is 11.8. The molecule has 1 saturated carbocycles. The Bertz CT molecular complexity index is 396. The van der Waals surface area contributed by atoms with Gasteiger partial charge in [0.05, 0.1) is 6.54 Å². The van der Waals surface area contributed by atoms with Crippen molar-refractivity contribution in [3.05, 3.63) is 0 Å². The molecular weight excluding hydrogens is 280 g/mol. The standard InChI is InChI=1S/C16H26N2O.CH2O2/c1-2-3-4-10-18-11-6-7-14(13-18)12-17-16(19)15-8-5-9-15;2-1-3/h14-15H,2,5-13H2,1H3,(H,17,19);1H,(H,2,3). The minimum Gasteiger partial charge on any atom is -0.483 e. The van der Waals surface area contributed by atoms with Gasteiger partial charge in [-0.25, -0.2) is 0 Å². The van der Waals surface area contributed by atoms with Crippen LogP contribution in [0.3, 0.4) is 0 Å². The zero-order valence-electron chi connectivity index (χ0n) is 13.5. The molecule has 1 aliphatic carbocycles. The first kappa shape index (κ1) is 18.5. The number of carboxylic acid groups (broad SMARTS) is 1. The van der Waals surface area contributed by atoms with Crippen LogP contribution in [0, 0.1) is 23.7 Å². The molecular formula is C17H28N2O3. The van der Waals surface area contributed by atoms with Crippen molar-refractivity contribution in [1.29, 1.82) is 0 Å². The van der Waals surface area contributed by atoms with Crippen molar-refractivity contribution in [2.24, 2.45) is 11.8 Å². The summed E-state index contributed by atoms with van der Waals surface area (Å²) in [5.41, 5.74) is 0. The van der Waals surface area contributed by atoms with Gasteiger partial charge in [0.1, 0.15) is 0 Å². The maximum Gasteiger partial charge on any atom is 0.290 e. The van der Waals surface area contributed by atoms with Crippen LogP contribution in [0.25, 0.3) is 0 Å².